The Morgan fingerprint density at radius 1 is 1.05 bits per heavy atom. The number of carbonyl (C=O) groups excluding carboxylic acids is 2. The molecule has 1 aromatic heterocycles. The van der Waals surface area contributed by atoms with Crippen molar-refractivity contribution in [2.75, 3.05) is 0 Å². The number of ether oxygens (including phenoxy) is 2. The van der Waals surface area contributed by atoms with Gasteiger partial charge in [-0.05, 0) is 26.0 Å². The first-order valence-corrected chi connectivity index (χ1v) is 6.23. The van der Waals surface area contributed by atoms with Crippen LogP contribution < -0.4 is 0 Å². The summed E-state index contributed by atoms with van der Waals surface area (Å²) in [6.07, 6.45) is 0.142. The smallest absolute Gasteiger partial charge is 0.354 e. The molecule has 0 aliphatic carbocycles. The van der Waals surface area contributed by atoms with Crippen molar-refractivity contribution >= 4 is 11.9 Å². The van der Waals surface area contributed by atoms with Crippen molar-refractivity contribution in [3.63, 3.8) is 0 Å². The maximum Gasteiger partial charge on any atom is 0.354 e. The summed E-state index contributed by atoms with van der Waals surface area (Å²) in [7, 11) is 0. The molecule has 5 nitrogen and oxygen atoms in total. The maximum atomic E-state index is 12.0. The Bertz CT molecular complexity index is 428. The van der Waals surface area contributed by atoms with E-state index in [1.165, 1.54) is 6.20 Å². The average Bonchev–Trinajstić information content (AvgIpc) is 2.35. The van der Waals surface area contributed by atoms with Gasteiger partial charge in [-0.25, -0.2) is 4.79 Å². The Morgan fingerprint density at radius 2 is 1.74 bits per heavy atom. The van der Waals surface area contributed by atoms with Crippen LogP contribution in [-0.4, -0.2) is 23.0 Å². The molecule has 0 saturated heterocycles. The Balaban J connectivity index is 2.91. The number of carbonyl (C=O) groups is 2. The average molecular weight is 265 g/mol. The van der Waals surface area contributed by atoms with E-state index in [0.717, 1.165) is 0 Å². The van der Waals surface area contributed by atoms with Crippen molar-refractivity contribution in [3.8, 4) is 0 Å². The van der Waals surface area contributed by atoms with E-state index < -0.39 is 18.0 Å². The second-order valence-electron chi connectivity index (χ2n) is 4.71. The second-order valence-corrected chi connectivity index (χ2v) is 4.71. The van der Waals surface area contributed by atoms with Crippen LogP contribution in [0.25, 0.3) is 0 Å². The fraction of sp³-hybridized carbons (Fsp3) is 0.500. The Labute approximate surface area is 112 Å². The first-order chi connectivity index (χ1) is 8.91. The van der Waals surface area contributed by atoms with Crippen LogP contribution in [0.2, 0.25) is 0 Å². The van der Waals surface area contributed by atoms with E-state index in [2.05, 4.69) is 4.98 Å². The first-order valence-electron chi connectivity index (χ1n) is 6.23. The highest BCUT2D eigenvalue weighted by Crippen LogP contribution is 2.19. The van der Waals surface area contributed by atoms with Crippen molar-refractivity contribution < 1.29 is 19.1 Å². The third-order valence-corrected chi connectivity index (χ3v) is 2.23. The highest BCUT2D eigenvalue weighted by molar-refractivity contribution is 5.81. The lowest BCUT2D eigenvalue weighted by Gasteiger charge is -2.18. The van der Waals surface area contributed by atoms with Crippen LogP contribution in [0, 0.1) is 5.92 Å². The van der Waals surface area contributed by atoms with Crippen LogP contribution in [0.5, 0.6) is 0 Å². The number of pyridine rings is 1. The van der Waals surface area contributed by atoms with Crippen LogP contribution >= 0.6 is 0 Å². The third-order valence-electron chi connectivity index (χ3n) is 2.23. The molecule has 0 spiro atoms. The quantitative estimate of drug-likeness (QED) is 0.764. The minimum Gasteiger partial charge on any atom is -0.460 e. The number of hydrogen-bond donors (Lipinski definition) is 0. The van der Waals surface area contributed by atoms with E-state index in [1.807, 2.05) is 0 Å². The summed E-state index contributed by atoms with van der Waals surface area (Å²) in [6, 6.07) is 5.07. The van der Waals surface area contributed by atoms with Crippen LogP contribution in [0.4, 0.5) is 0 Å². The summed E-state index contributed by atoms with van der Waals surface area (Å²) in [4.78, 5) is 27.7. The van der Waals surface area contributed by atoms with Gasteiger partial charge >= 0.3 is 11.9 Å². The van der Waals surface area contributed by atoms with Crippen molar-refractivity contribution in [3.05, 3.63) is 30.1 Å². The molecule has 1 rings (SSSR count). The zero-order valence-electron chi connectivity index (χ0n) is 11.6. The minimum absolute atomic E-state index is 0.281. The highest BCUT2D eigenvalue weighted by Gasteiger charge is 2.29. The molecule has 5 heteroatoms. The molecule has 0 fully saturated rings. The molecule has 0 N–H and O–H groups in total. The zero-order chi connectivity index (χ0) is 14.4. The van der Waals surface area contributed by atoms with Gasteiger partial charge in [0.25, 0.3) is 0 Å². The van der Waals surface area contributed by atoms with Gasteiger partial charge in [-0.1, -0.05) is 19.9 Å². The molecule has 0 aliphatic rings. The lowest BCUT2D eigenvalue weighted by molar-refractivity contribution is -0.173. The van der Waals surface area contributed by atoms with Crippen molar-refractivity contribution in [2.24, 2.45) is 5.92 Å². The van der Waals surface area contributed by atoms with Gasteiger partial charge in [0.1, 0.15) is 0 Å². The van der Waals surface area contributed by atoms with Gasteiger partial charge < -0.3 is 9.47 Å². The molecule has 19 heavy (non-hydrogen) atoms. The molecule has 104 valence electrons. The molecule has 0 radical (unpaired) electrons. The molecule has 1 atom stereocenters. The lowest BCUT2D eigenvalue weighted by Crippen LogP contribution is -2.26. The highest BCUT2D eigenvalue weighted by atomic mass is 16.6. The SMILES string of the molecule is CC(C)OC(=O)C(OC(=O)C(C)C)c1ccccn1. The molecule has 0 aliphatic heterocycles. The molecule has 1 heterocycles. The predicted octanol–water partition coefficient (Wildman–Crippen LogP) is 2.27. The summed E-state index contributed by atoms with van der Waals surface area (Å²) in [5.41, 5.74) is 0.363. The van der Waals surface area contributed by atoms with Gasteiger partial charge in [0.2, 0.25) is 6.10 Å². The van der Waals surface area contributed by atoms with Gasteiger partial charge in [0, 0.05) is 6.20 Å². The van der Waals surface area contributed by atoms with E-state index >= 15 is 0 Å². The van der Waals surface area contributed by atoms with Crippen LogP contribution in [0.15, 0.2) is 24.4 Å². The molecular formula is C14H19NO4. The Morgan fingerprint density at radius 3 is 2.21 bits per heavy atom. The summed E-state index contributed by atoms with van der Waals surface area (Å²) < 4.78 is 10.3. The minimum atomic E-state index is -1.11. The van der Waals surface area contributed by atoms with Gasteiger partial charge in [-0.2, -0.15) is 0 Å². The van der Waals surface area contributed by atoms with Gasteiger partial charge in [0.15, 0.2) is 0 Å². The number of rotatable bonds is 5. The fourth-order valence-electron chi connectivity index (χ4n) is 1.31. The van der Waals surface area contributed by atoms with Crippen LogP contribution in [-0.2, 0) is 19.1 Å². The van der Waals surface area contributed by atoms with Crippen LogP contribution in [0.3, 0.4) is 0 Å². The number of aromatic nitrogens is 1. The maximum absolute atomic E-state index is 12.0. The van der Waals surface area contributed by atoms with Crippen molar-refractivity contribution in [2.45, 2.75) is 39.9 Å². The normalized spacial score (nSPS) is 12.3. The standard InChI is InChI=1S/C14H19NO4/c1-9(2)13(16)19-12(14(17)18-10(3)4)11-7-5-6-8-15-11/h5-10,12H,1-4H3. The zero-order valence-corrected chi connectivity index (χ0v) is 11.6. The van der Waals surface area contributed by atoms with Crippen LogP contribution in [0.1, 0.15) is 39.5 Å². The second kappa shape index (κ2) is 6.87. The van der Waals surface area contributed by atoms with E-state index in [1.54, 1.807) is 45.9 Å². The topological polar surface area (TPSA) is 65.5 Å². The molecule has 0 saturated carbocycles. The number of esters is 2. The van der Waals surface area contributed by atoms with Gasteiger partial charge in [0.05, 0.1) is 17.7 Å². The van der Waals surface area contributed by atoms with Gasteiger partial charge in [-0.3, -0.25) is 9.78 Å². The van der Waals surface area contributed by atoms with Crippen molar-refractivity contribution in [1.29, 1.82) is 0 Å². The molecule has 1 unspecified atom stereocenters. The summed E-state index contributed by atoms with van der Waals surface area (Å²) in [5.74, 6) is -1.39. The predicted molar refractivity (Wildman–Crippen MR) is 69.1 cm³/mol. The largest absolute Gasteiger partial charge is 0.460 e. The molecule has 0 bridgehead atoms. The Hall–Kier alpha value is -1.91. The fourth-order valence-corrected chi connectivity index (χ4v) is 1.31. The van der Waals surface area contributed by atoms with E-state index in [0.29, 0.717) is 5.69 Å². The third kappa shape index (κ3) is 4.69. The van der Waals surface area contributed by atoms with Crippen molar-refractivity contribution in [1.82, 2.24) is 4.98 Å². The molecular weight excluding hydrogens is 246 g/mol. The van der Waals surface area contributed by atoms with Gasteiger partial charge in [-0.15, -0.1) is 0 Å². The Kier molecular flexibility index (Phi) is 5.48. The summed E-state index contributed by atoms with van der Waals surface area (Å²) >= 11 is 0. The number of hydrogen-bond acceptors (Lipinski definition) is 5. The van der Waals surface area contributed by atoms with E-state index in [4.69, 9.17) is 9.47 Å². The first kappa shape index (κ1) is 15.1. The lowest BCUT2D eigenvalue weighted by atomic mass is 10.2. The molecule has 0 aromatic carbocycles. The summed E-state index contributed by atoms with van der Waals surface area (Å²) in [6.45, 7) is 6.87. The molecule has 1 aromatic rings. The monoisotopic (exact) mass is 265 g/mol. The van der Waals surface area contributed by atoms with E-state index in [9.17, 15) is 9.59 Å². The summed E-state index contributed by atoms with van der Waals surface area (Å²) in [5, 5.41) is 0. The van der Waals surface area contributed by atoms with E-state index in [-0.39, 0.29) is 12.0 Å². The number of nitrogens with zero attached hydrogens (tertiary/aromatic N) is 1. The molecule has 0 amide bonds.